The number of aromatic hydroxyl groups is 1. The topological polar surface area (TPSA) is 132 Å². The van der Waals surface area contributed by atoms with Gasteiger partial charge >= 0.3 is 0 Å². The number of aromatic nitrogens is 6. The molecule has 39 heavy (non-hydrogen) atoms. The van der Waals surface area contributed by atoms with Crippen molar-refractivity contribution in [2.75, 3.05) is 5.32 Å². The van der Waals surface area contributed by atoms with Crippen LogP contribution in [0.4, 0.5) is 10.1 Å². The van der Waals surface area contributed by atoms with Crippen LogP contribution in [0.25, 0.3) is 55.6 Å². The standard InChI is InChI=1S/C29H24FN7O2/c1-2-3-4-28(39)34-19-6-17(11-31-12-19)24-10-22-27(15-33-24)36-37-29(22)25-9-21-23(13-32-14-26(21)35-25)16-5-18(30)8-20(38)7-16/h5-15,35,38H,2-4H2,1H3,(H,34,39)(H,36,37). The number of hydrogen-bond donors (Lipinski definition) is 4. The van der Waals surface area contributed by atoms with E-state index in [0.717, 1.165) is 52.0 Å². The van der Waals surface area contributed by atoms with Gasteiger partial charge < -0.3 is 15.4 Å². The van der Waals surface area contributed by atoms with E-state index in [9.17, 15) is 14.3 Å². The average molecular weight is 522 g/mol. The van der Waals surface area contributed by atoms with E-state index in [1.807, 2.05) is 25.1 Å². The van der Waals surface area contributed by atoms with Crippen molar-refractivity contribution in [2.24, 2.45) is 0 Å². The smallest absolute Gasteiger partial charge is 0.224 e. The third-order valence-corrected chi connectivity index (χ3v) is 6.52. The molecule has 0 spiro atoms. The number of rotatable bonds is 7. The summed E-state index contributed by atoms with van der Waals surface area (Å²) in [4.78, 5) is 28.7. The van der Waals surface area contributed by atoms with E-state index in [1.165, 1.54) is 12.1 Å². The van der Waals surface area contributed by atoms with Gasteiger partial charge in [-0.25, -0.2) is 4.39 Å². The zero-order valence-electron chi connectivity index (χ0n) is 21.0. The Hall–Kier alpha value is -5.12. The second-order valence-corrected chi connectivity index (χ2v) is 9.33. The van der Waals surface area contributed by atoms with Gasteiger partial charge in [-0.05, 0) is 42.3 Å². The number of carbonyl (C=O) groups is 1. The summed E-state index contributed by atoms with van der Waals surface area (Å²) >= 11 is 0. The van der Waals surface area contributed by atoms with E-state index in [0.29, 0.717) is 34.6 Å². The van der Waals surface area contributed by atoms with E-state index < -0.39 is 5.82 Å². The van der Waals surface area contributed by atoms with Crippen LogP contribution in [0, 0.1) is 5.82 Å². The summed E-state index contributed by atoms with van der Waals surface area (Å²) in [5.41, 5.74) is 6.14. The van der Waals surface area contributed by atoms with Crippen molar-refractivity contribution < 1.29 is 14.3 Å². The molecule has 0 aliphatic heterocycles. The van der Waals surface area contributed by atoms with Gasteiger partial charge in [0.1, 0.15) is 17.3 Å². The molecule has 5 aromatic heterocycles. The Morgan fingerprint density at radius 3 is 2.67 bits per heavy atom. The van der Waals surface area contributed by atoms with Crippen molar-refractivity contribution in [3.8, 4) is 39.5 Å². The van der Waals surface area contributed by atoms with Crippen LogP contribution in [0.2, 0.25) is 0 Å². The number of carbonyl (C=O) groups excluding carboxylic acids is 1. The predicted molar refractivity (Wildman–Crippen MR) is 147 cm³/mol. The number of unbranched alkanes of at least 4 members (excludes halogenated alkanes) is 1. The number of aromatic amines is 2. The molecule has 0 radical (unpaired) electrons. The Morgan fingerprint density at radius 2 is 1.82 bits per heavy atom. The third kappa shape index (κ3) is 4.79. The van der Waals surface area contributed by atoms with Crippen LogP contribution < -0.4 is 5.32 Å². The van der Waals surface area contributed by atoms with Crippen molar-refractivity contribution in [1.82, 2.24) is 30.1 Å². The number of fused-ring (bicyclic) bond motifs is 2. The summed E-state index contributed by atoms with van der Waals surface area (Å²) in [6, 6.07) is 9.62. The monoisotopic (exact) mass is 521 g/mol. The van der Waals surface area contributed by atoms with Crippen LogP contribution in [0.3, 0.4) is 0 Å². The summed E-state index contributed by atoms with van der Waals surface area (Å²) in [5.74, 6) is -0.734. The third-order valence-electron chi connectivity index (χ3n) is 6.52. The first-order chi connectivity index (χ1) is 19.0. The number of halogens is 1. The number of phenolic OH excluding ortho intramolecular Hbond substituents is 1. The SMILES string of the molecule is CCCCC(=O)Nc1cncc(-c2cc3c(-c4cc5c(-c6cc(O)cc(F)c6)cncc5[nH]4)n[nH]c3cn2)c1. The van der Waals surface area contributed by atoms with E-state index >= 15 is 0 Å². The summed E-state index contributed by atoms with van der Waals surface area (Å²) in [6.07, 6.45) is 10.6. The first kappa shape index (κ1) is 24.2. The fourth-order valence-electron chi connectivity index (χ4n) is 4.63. The number of pyridine rings is 3. The lowest BCUT2D eigenvalue weighted by Gasteiger charge is -2.07. The maximum atomic E-state index is 14.0. The first-order valence-electron chi connectivity index (χ1n) is 12.5. The fraction of sp³-hybridized carbons (Fsp3) is 0.138. The van der Waals surface area contributed by atoms with Gasteiger partial charge in [-0.1, -0.05) is 13.3 Å². The molecule has 9 nitrogen and oxygen atoms in total. The Labute approximate surface area is 222 Å². The van der Waals surface area contributed by atoms with Gasteiger partial charge in [-0.3, -0.25) is 24.8 Å². The van der Waals surface area contributed by atoms with E-state index in [2.05, 4.69) is 35.5 Å². The molecular formula is C29H24FN7O2. The number of anilines is 1. The van der Waals surface area contributed by atoms with Gasteiger partial charge in [0, 0.05) is 46.8 Å². The summed E-state index contributed by atoms with van der Waals surface area (Å²) in [7, 11) is 0. The second-order valence-electron chi connectivity index (χ2n) is 9.33. The van der Waals surface area contributed by atoms with Crippen LogP contribution in [0.15, 0.2) is 67.4 Å². The molecular weight excluding hydrogens is 497 g/mol. The molecule has 6 aromatic rings. The van der Waals surface area contributed by atoms with E-state index in [1.54, 1.807) is 31.0 Å². The van der Waals surface area contributed by atoms with Crippen molar-refractivity contribution in [3.05, 3.63) is 73.2 Å². The molecule has 10 heteroatoms. The average Bonchev–Trinajstić information content (AvgIpc) is 3.55. The lowest BCUT2D eigenvalue weighted by molar-refractivity contribution is -0.116. The van der Waals surface area contributed by atoms with Gasteiger partial charge in [-0.15, -0.1) is 0 Å². The molecule has 6 rings (SSSR count). The zero-order valence-corrected chi connectivity index (χ0v) is 21.0. The Kier molecular flexibility index (Phi) is 6.20. The Balaban J connectivity index is 1.38. The molecule has 0 aliphatic rings. The molecule has 0 fully saturated rings. The van der Waals surface area contributed by atoms with Crippen LogP contribution in [-0.2, 0) is 4.79 Å². The largest absolute Gasteiger partial charge is 0.508 e. The fourth-order valence-corrected chi connectivity index (χ4v) is 4.63. The summed E-state index contributed by atoms with van der Waals surface area (Å²) in [6.45, 7) is 2.04. The van der Waals surface area contributed by atoms with E-state index in [-0.39, 0.29) is 11.7 Å². The zero-order chi connectivity index (χ0) is 26.9. The molecule has 1 aromatic carbocycles. The summed E-state index contributed by atoms with van der Waals surface area (Å²) in [5, 5.41) is 22.0. The minimum atomic E-state index is -0.532. The normalized spacial score (nSPS) is 11.3. The van der Waals surface area contributed by atoms with Crippen LogP contribution in [0.5, 0.6) is 5.75 Å². The highest BCUT2D eigenvalue weighted by molar-refractivity contribution is 6.01. The lowest BCUT2D eigenvalue weighted by Crippen LogP contribution is -2.11. The number of H-pyrrole nitrogens is 2. The molecule has 0 saturated heterocycles. The van der Waals surface area contributed by atoms with Gasteiger partial charge in [0.05, 0.1) is 46.7 Å². The minimum Gasteiger partial charge on any atom is -0.508 e. The van der Waals surface area contributed by atoms with Crippen molar-refractivity contribution in [3.63, 3.8) is 0 Å². The number of phenols is 1. The second kappa shape index (κ2) is 9.97. The number of nitrogens with zero attached hydrogens (tertiary/aromatic N) is 4. The van der Waals surface area contributed by atoms with Crippen LogP contribution in [-0.4, -0.2) is 41.1 Å². The molecule has 0 saturated carbocycles. The maximum absolute atomic E-state index is 14.0. The molecule has 0 atom stereocenters. The highest BCUT2D eigenvalue weighted by Crippen LogP contribution is 2.35. The minimum absolute atomic E-state index is 0.0440. The quantitative estimate of drug-likeness (QED) is 0.198. The van der Waals surface area contributed by atoms with Gasteiger partial charge in [0.15, 0.2) is 0 Å². The van der Waals surface area contributed by atoms with Crippen molar-refractivity contribution >= 4 is 33.4 Å². The highest BCUT2D eigenvalue weighted by Gasteiger charge is 2.16. The molecule has 0 aliphatic carbocycles. The van der Waals surface area contributed by atoms with Crippen LogP contribution in [0.1, 0.15) is 26.2 Å². The Morgan fingerprint density at radius 1 is 0.949 bits per heavy atom. The number of benzene rings is 1. The highest BCUT2D eigenvalue weighted by atomic mass is 19.1. The molecule has 5 heterocycles. The number of hydrogen-bond acceptors (Lipinski definition) is 6. The van der Waals surface area contributed by atoms with Gasteiger partial charge in [0.25, 0.3) is 0 Å². The number of amides is 1. The molecule has 4 N–H and O–H groups in total. The van der Waals surface area contributed by atoms with Gasteiger partial charge in [0.2, 0.25) is 5.91 Å². The van der Waals surface area contributed by atoms with Gasteiger partial charge in [-0.2, -0.15) is 5.10 Å². The first-order valence-corrected chi connectivity index (χ1v) is 12.5. The summed E-state index contributed by atoms with van der Waals surface area (Å²) < 4.78 is 14.0. The van der Waals surface area contributed by atoms with Crippen molar-refractivity contribution in [1.29, 1.82) is 0 Å². The van der Waals surface area contributed by atoms with Crippen LogP contribution >= 0.6 is 0 Å². The maximum Gasteiger partial charge on any atom is 0.224 e. The Bertz CT molecular complexity index is 1820. The lowest BCUT2D eigenvalue weighted by atomic mass is 10.0. The molecule has 194 valence electrons. The van der Waals surface area contributed by atoms with E-state index in [4.69, 9.17) is 0 Å². The molecule has 1 amide bonds. The predicted octanol–water partition coefficient (Wildman–Crippen LogP) is 6.20. The molecule has 0 unspecified atom stereocenters. The molecule has 0 bridgehead atoms. The number of nitrogens with one attached hydrogen (secondary N) is 3. The van der Waals surface area contributed by atoms with Crippen molar-refractivity contribution in [2.45, 2.75) is 26.2 Å².